The highest BCUT2D eigenvalue weighted by molar-refractivity contribution is 5.74. The fourth-order valence-electron chi connectivity index (χ4n) is 2.73. The van der Waals surface area contributed by atoms with Gasteiger partial charge in [0.25, 0.3) is 0 Å². The van der Waals surface area contributed by atoms with Crippen molar-refractivity contribution in [2.24, 2.45) is 0 Å². The van der Waals surface area contributed by atoms with Gasteiger partial charge in [0.05, 0.1) is 13.7 Å². The molecule has 2 rings (SSSR count). The molecule has 0 aliphatic heterocycles. The second kappa shape index (κ2) is 12.8. The van der Waals surface area contributed by atoms with E-state index >= 15 is 0 Å². The third-order valence-corrected chi connectivity index (χ3v) is 4.50. The first-order valence-corrected chi connectivity index (χ1v) is 9.89. The van der Waals surface area contributed by atoms with Crippen molar-refractivity contribution < 1.29 is 19.1 Å². The van der Waals surface area contributed by atoms with Crippen molar-refractivity contribution >= 4 is 5.91 Å². The summed E-state index contributed by atoms with van der Waals surface area (Å²) in [6.07, 6.45) is 5.72. The van der Waals surface area contributed by atoms with Gasteiger partial charge >= 0.3 is 0 Å². The van der Waals surface area contributed by atoms with Crippen LogP contribution in [0, 0.1) is 0 Å². The number of amides is 1. The lowest BCUT2D eigenvalue weighted by molar-refractivity contribution is -0.168. The van der Waals surface area contributed by atoms with Crippen molar-refractivity contribution in [2.45, 2.75) is 45.1 Å². The number of hydroxylamine groups is 2. The molecule has 0 N–H and O–H groups in total. The van der Waals surface area contributed by atoms with Crippen LogP contribution >= 0.6 is 0 Å². The Morgan fingerprint density at radius 1 is 0.821 bits per heavy atom. The van der Waals surface area contributed by atoms with Crippen LogP contribution < -0.4 is 9.47 Å². The highest BCUT2D eigenvalue weighted by Crippen LogP contribution is 2.19. The Morgan fingerprint density at radius 3 is 2.11 bits per heavy atom. The zero-order valence-electron chi connectivity index (χ0n) is 16.9. The summed E-state index contributed by atoms with van der Waals surface area (Å²) >= 11 is 0. The van der Waals surface area contributed by atoms with E-state index in [9.17, 15) is 4.79 Å². The smallest absolute Gasteiger partial charge is 0.245 e. The van der Waals surface area contributed by atoms with Gasteiger partial charge in [-0.1, -0.05) is 49.6 Å². The number of nitrogens with zero attached hydrogens (tertiary/aromatic N) is 1. The quantitative estimate of drug-likeness (QED) is 0.359. The van der Waals surface area contributed by atoms with E-state index in [1.807, 2.05) is 54.6 Å². The first kappa shape index (κ1) is 21.8. The van der Waals surface area contributed by atoms with Gasteiger partial charge in [0, 0.05) is 13.5 Å². The third kappa shape index (κ3) is 8.44. The second-order valence-corrected chi connectivity index (χ2v) is 6.69. The minimum Gasteiger partial charge on any atom is -0.494 e. The largest absolute Gasteiger partial charge is 0.494 e. The summed E-state index contributed by atoms with van der Waals surface area (Å²) in [7, 11) is 3.14. The molecule has 5 heteroatoms. The minimum atomic E-state index is 0.0297. The van der Waals surface area contributed by atoms with Gasteiger partial charge in [-0.2, -0.15) is 0 Å². The van der Waals surface area contributed by atoms with Gasteiger partial charge in [-0.3, -0.25) is 9.63 Å². The number of hydrogen-bond acceptors (Lipinski definition) is 4. The fraction of sp³-hybridized carbons (Fsp3) is 0.435. The summed E-state index contributed by atoms with van der Waals surface area (Å²) in [5, 5.41) is 1.28. The third-order valence-electron chi connectivity index (χ3n) is 4.50. The number of rotatable bonds is 13. The molecule has 1 amide bonds. The predicted octanol–water partition coefficient (Wildman–Crippen LogP) is 5.00. The molecule has 5 nitrogen and oxygen atoms in total. The van der Waals surface area contributed by atoms with Crippen molar-refractivity contribution in [1.82, 2.24) is 5.06 Å². The first-order chi connectivity index (χ1) is 13.7. The van der Waals surface area contributed by atoms with Crippen LogP contribution in [0.2, 0.25) is 0 Å². The molecule has 28 heavy (non-hydrogen) atoms. The number of ether oxygens (including phenoxy) is 2. The molecule has 0 unspecified atom stereocenters. The summed E-state index contributed by atoms with van der Waals surface area (Å²) in [6.45, 7) is 1.27. The molecule has 0 atom stereocenters. The van der Waals surface area contributed by atoms with Crippen molar-refractivity contribution in [1.29, 1.82) is 0 Å². The number of benzene rings is 2. The van der Waals surface area contributed by atoms with Gasteiger partial charge in [0.1, 0.15) is 18.1 Å². The molecule has 0 fully saturated rings. The normalized spacial score (nSPS) is 10.5. The van der Waals surface area contributed by atoms with E-state index in [2.05, 4.69) is 0 Å². The lowest BCUT2D eigenvalue weighted by Gasteiger charge is -2.13. The minimum absolute atomic E-state index is 0.0297. The second-order valence-electron chi connectivity index (χ2n) is 6.69. The maximum Gasteiger partial charge on any atom is 0.245 e. The Morgan fingerprint density at radius 2 is 1.43 bits per heavy atom. The molecule has 0 saturated heterocycles. The molecule has 2 aromatic rings. The molecular weight excluding hydrogens is 354 g/mol. The van der Waals surface area contributed by atoms with Gasteiger partial charge in [-0.25, -0.2) is 5.06 Å². The Kier molecular flexibility index (Phi) is 9.94. The molecule has 0 heterocycles. The predicted molar refractivity (Wildman–Crippen MR) is 110 cm³/mol. The van der Waals surface area contributed by atoms with Crippen molar-refractivity contribution in [3.8, 4) is 11.5 Å². The summed E-state index contributed by atoms with van der Waals surface area (Å²) in [4.78, 5) is 16.4. The maximum atomic E-state index is 11.6. The van der Waals surface area contributed by atoms with E-state index in [1.165, 1.54) is 12.2 Å². The average Bonchev–Trinajstić information content (AvgIpc) is 2.74. The topological polar surface area (TPSA) is 48.0 Å². The molecule has 2 aromatic carbocycles. The number of carbonyl (C=O) groups excluding carboxylic acids is 1. The Labute approximate surface area is 168 Å². The SMILES string of the molecule is CON(C)C(=O)CCCCCCCOc1ccc(OCc2ccccc2)cc1. The highest BCUT2D eigenvalue weighted by atomic mass is 16.7. The van der Waals surface area contributed by atoms with Crippen LogP contribution in [-0.4, -0.2) is 31.7 Å². The number of carbonyl (C=O) groups is 1. The maximum absolute atomic E-state index is 11.6. The summed E-state index contributed by atoms with van der Waals surface area (Å²) in [6, 6.07) is 17.9. The van der Waals surface area contributed by atoms with E-state index in [4.69, 9.17) is 14.3 Å². The molecule has 0 aromatic heterocycles. The standard InChI is InChI=1S/C23H31NO4/c1-24(26-2)23(25)13-9-4-3-5-10-18-27-21-14-16-22(17-15-21)28-19-20-11-7-6-8-12-20/h6-8,11-12,14-17H,3-5,9-10,13,18-19H2,1-2H3. The Bertz CT molecular complexity index is 673. The van der Waals surface area contributed by atoms with Gasteiger partial charge in [-0.15, -0.1) is 0 Å². The van der Waals surface area contributed by atoms with Crippen LogP contribution in [0.4, 0.5) is 0 Å². The zero-order valence-corrected chi connectivity index (χ0v) is 16.9. The molecule has 0 saturated carbocycles. The zero-order chi connectivity index (χ0) is 20.0. The average molecular weight is 386 g/mol. The van der Waals surface area contributed by atoms with Gasteiger partial charge in [-0.05, 0) is 42.7 Å². The molecular formula is C23H31NO4. The fourth-order valence-corrected chi connectivity index (χ4v) is 2.73. The van der Waals surface area contributed by atoms with E-state index in [-0.39, 0.29) is 5.91 Å². The van der Waals surface area contributed by atoms with Crippen LogP contribution in [0.5, 0.6) is 11.5 Å². The lowest BCUT2D eigenvalue weighted by atomic mass is 10.1. The van der Waals surface area contributed by atoms with E-state index in [0.717, 1.165) is 49.2 Å². The van der Waals surface area contributed by atoms with Crippen LogP contribution in [0.3, 0.4) is 0 Å². The lowest BCUT2D eigenvalue weighted by Crippen LogP contribution is -2.24. The highest BCUT2D eigenvalue weighted by Gasteiger charge is 2.06. The van der Waals surface area contributed by atoms with E-state index in [1.54, 1.807) is 7.05 Å². The van der Waals surface area contributed by atoms with Gasteiger partial charge in [0.2, 0.25) is 5.91 Å². The molecule has 0 radical (unpaired) electrons. The van der Waals surface area contributed by atoms with Crippen molar-refractivity contribution in [2.75, 3.05) is 20.8 Å². The first-order valence-electron chi connectivity index (χ1n) is 9.89. The Hall–Kier alpha value is -2.53. The number of hydrogen-bond donors (Lipinski definition) is 0. The van der Waals surface area contributed by atoms with Gasteiger partial charge < -0.3 is 9.47 Å². The Balaban J connectivity index is 1.52. The van der Waals surface area contributed by atoms with Gasteiger partial charge in [0.15, 0.2) is 0 Å². The van der Waals surface area contributed by atoms with Crippen LogP contribution in [0.1, 0.15) is 44.1 Å². The summed E-state index contributed by atoms with van der Waals surface area (Å²) in [5.74, 6) is 1.73. The van der Waals surface area contributed by atoms with E-state index < -0.39 is 0 Å². The van der Waals surface area contributed by atoms with Crippen molar-refractivity contribution in [3.63, 3.8) is 0 Å². The van der Waals surface area contributed by atoms with E-state index in [0.29, 0.717) is 19.6 Å². The van der Waals surface area contributed by atoms with Crippen LogP contribution in [0.25, 0.3) is 0 Å². The van der Waals surface area contributed by atoms with Crippen molar-refractivity contribution in [3.05, 3.63) is 60.2 Å². The van der Waals surface area contributed by atoms with Crippen LogP contribution in [0.15, 0.2) is 54.6 Å². The summed E-state index contributed by atoms with van der Waals surface area (Å²) < 4.78 is 11.6. The monoisotopic (exact) mass is 385 g/mol. The molecule has 152 valence electrons. The molecule has 0 bridgehead atoms. The molecule has 0 spiro atoms. The molecule has 0 aliphatic carbocycles. The number of unbranched alkanes of at least 4 members (excludes halogenated alkanes) is 4. The molecule has 0 aliphatic rings. The van der Waals surface area contributed by atoms with Crippen LogP contribution in [-0.2, 0) is 16.2 Å². The summed E-state index contributed by atoms with van der Waals surface area (Å²) in [5.41, 5.74) is 1.15.